The van der Waals surface area contributed by atoms with Gasteiger partial charge < -0.3 is 10.3 Å². The molecule has 7 rings (SSSR count). The van der Waals surface area contributed by atoms with E-state index in [1.165, 1.54) is 37.9 Å². The molecule has 0 saturated heterocycles. The molecule has 1 aromatic carbocycles. The maximum Gasteiger partial charge on any atom is 0.164 e. The largest absolute Gasteiger partial charge is 0.367 e. The molecule has 33 heavy (non-hydrogen) atoms. The number of anilines is 1. The second-order valence-corrected chi connectivity index (χ2v) is 9.73. The van der Waals surface area contributed by atoms with Gasteiger partial charge in [-0.15, -0.1) is 0 Å². The van der Waals surface area contributed by atoms with E-state index in [9.17, 15) is 4.39 Å². The number of benzene rings is 1. The van der Waals surface area contributed by atoms with Crippen molar-refractivity contribution in [3.63, 3.8) is 0 Å². The van der Waals surface area contributed by atoms with Gasteiger partial charge in [0.2, 0.25) is 0 Å². The fourth-order valence-electron chi connectivity index (χ4n) is 5.98. The van der Waals surface area contributed by atoms with Crippen LogP contribution < -0.4 is 5.32 Å². The molecule has 2 unspecified atom stereocenters. The molecular weight excluding hydrogens is 413 g/mol. The van der Waals surface area contributed by atoms with E-state index in [4.69, 9.17) is 9.97 Å². The second-order valence-electron chi connectivity index (χ2n) is 9.73. The van der Waals surface area contributed by atoms with Crippen LogP contribution in [0.1, 0.15) is 38.2 Å². The Labute approximate surface area is 192 Å². The number of hydrogen-bond acceptors (Lipinski definition) is 4. The monoisotopic (exact) mass is 441 g/mol. The van der Waals surface area contributed by atoms with E-state index in [2.05, 4.69) is 47.3 Å². The highest BCUT2D eigenvalue weighted by atomic mass is 19.1. The fourth-order valence-corrected chi connectivity index (χ4v) is 5.98. The van der Waals surface area contributed by atoms with E-state index in [0.29, 0.717) is 34.7 Å². The zero-order valence-electron chi connectivity index (χ0n) is 19.0. The van der Waals surface area contributed by atoms with Crippen LogP contribution in [-0.2, 0) is 0 Å². The molecule has 0 amide bonds. The van der Waals surface area contributed by atoms with E-state index in [0.717, 1.165) is 34.1 Å². The summed E-state index contributed by atoms with van der Waals surface area (Å²) in [7, 11) is 0. The van der Waals surface area contributed by atoms with Gasteiger partial charge in [-0.05, 0) is 62.0 Å². The van der Waals surface area contributed by atoms with Crippen molar-refractivity contribution in [3.8, 4) is 22.6 Å². The molecule has 168 valence electrons. The molecule has 2 atom stereocenters. The number of aromatic amines is 1. The van der Waals surface area contributed by atoms with E-state index < -0.39 is 0 Å². The Morgan fingerprint density at radius 2 is 1.79 bits per heavy atom. The Kier molecular flexibility index (Phi) is 4.89. The highest BCUT2D eigenvalue weighted by Gasteiger charge is 2.41. The lowest BCUT2D eigenvalue weighted by atomic mass is 9.62. The van der Waals surface area contributed by atoms with Gasteiger partial charge >= 0.3 is 0 Å². The minimum Gasteiger partial charge on any atom is -0.367 e. The lowest BCUT2D eigenvalue weighted by molar-refractivity contribution is 0.0928. The average molecular weight is 442 g/mol. The van der Waals surface area contributed by atoms with Crippen molar-refractivity contribution in [3.05, 3.63) is 60.2 Å². The SMILES string of the molecule is Cc1ccccc1-c1cc(NC2C3CCC(CC3)C2C)nc(-c2c[nH]c3ncc(F)cc23)n1. The maximum atomic E-state index is 14.0. The van der Waals surface area contributed by atoms with Gasteiger partial charge in [0.1, 0.15) is 17.3 Å². The number of pyridine rings is 1. The van der Waals surface area contributed by atoms with Gasteiger partial charge in [0.05, 0.1) is 11.9 Å². The summed E-state index contributed by atoms with van der Waals surface area (Å²) in [6.07, 6.45) is 8.33. The summed E-state index contributed by atoms with van der Waals surface area (Å²) in [5.74, 6) is 3.16. The number of H-pyrrole nitrogens is 1. The Bertz CT molecular complexity index is 1320. The van der Waals surface area contributed by atoms with Gasteiger partial charge in [-0.3, -0.25) is 0 Å². The molecule has 4 aromatic rings. The van der Waals surface area contributed by atoms with Gasteiger partial charge in [-0.1, -0.05) is 31.2 Å². The molecule has 5 nitrogen and oxygen atoms in total. The molecule has 3 aromatic heterocycles. The van der Waals surface area contributed by atoms with Crippen LogP contribution >= 0.6 is 0 Å². The van der Waals surface area contributed by atoms with Crippen LogP contribution in [0.2, 0.25) is 0 Å². The molecule has 3 heterocycles. The average Bonchev–Trinajstić information content (AvgIpc) is 3.25. The first-order chi connectivity index (χ1) is 16.1. The third-order valence-electron chi connectivity index (χ3n) is 7.83. The van der Waals surface area contributed by atoms with E-state index in [-0.39, 0.29) is 5.82 Å². The van der Waals surface area contributed by atoms with Gasteiger partial charge in [-0.25, -0.2) is 19.3 Å². The Hall–Kier alpha value is -3.28. The Morgan fingerprint density at radius 3 is 2.58 bits per heavy atom. The highest BCUT2D eigenvalue weighted by molar-refractivity contribution is 5.92. The first-order valence-electron chi connectivity index (χ1n) is 11.9. The van der Waals surface area contributed by atoms with Crippen molar-refractivity contribution in [1.29, 1.82) is 0 Å². The minimum absolute atomic E-state index is 0.371. The zero-order valence-corrected chi connectivity index (χ0v) is 19.0. The predicted octanol–water partition coefficient (Wildman–Crippen LogP) is 6.37. The summed E-state index contributed by atoms with van der Waals surface area (Å²) in [5, 5.41) is 4.49. The van der Waals surface area contributed by atoms with Gasteiger partial charge in [0.15, 0.2) is 5.82 Å². The second kappa shape index (κ2) is 7.94. The molecule has 2 bridgehead atoms. The predicted molar refractivity (Wildman–Crippen MR) is 129 cm³/mol. The number of nitrogens with one attached hydrogen (secondary N) is 2. The molecular formula is C27H28FN5. The molecule has 2 N–H and O–H groups in total. The maximum absolute atomic E-state index is 14.0. The number of hydrogen-bond donors (Lipinski definition) is 2. The zero-order chi connectivity index (χ0) is 22.5. The van der Waals surface area contributed by atoms with Crippen molar-refractivity contribution < 1.29 is 4.39 Å². The van der Waals surface area contributed by atoms with Gasteiger partial charge in [0.25, 0.3) is 0 Å². The number of aryl methyl sites for hydroxylation is 1. The van der Waals surface area contributed by atoms with Crippen LogP contribution in [0.4, 0.5) is 10.2 Å². The lowest BCUT2D eigenvalue weighted by Gasteiger charge is -2.47. The molecule has 0 radical (unpaired) electrons. The number of aromatic nitrogens is 4. The van der Waals surface area contributed by atoms with Crippen LogP contribution in [0.3, 0.4) is 0 Å². The van der Waals surface area contributed by atoms with Crippen LogP contribution in [0.15, 0.2) is 48.8 Å². The standard InChI is InChI=1S/C27H28FN5/c1-15-5-3-4-6-20(15)23-12-24(32-25-16(2)17-7-9-18(25)10-8-17)33-27(31-23)22-14-30-26-21(22)11-19(28)13-29-26/h3-6,11-14,16-18,25H,7-10H2,1-2H3,(H,29,30)(H,31,32,33). The van der Waals surface area contributed by atoms with Crippen LogP contribution in [0, 0.1) is 30.5 Å². The van der Waals surface area contributed by atoms with Crippen LogP contribution in [0.25, 0.3) is 33.7 Å². The van der Waals surface area contributed by atoms with Gasteiger partial charge in [0, 0.05) is 34.8 Å². The first kappa shape index (κ1) is 20.3. The summed E-state index contributed by atoms with van der Waals surface area (Å²) in [4.78, 5) is 17.2. The molecule has 0 aliphatic heterocycles. The van der Waals surface area contributed by atoms with Crippen LogP contribution in [0.5, 0.6) is 0 Å². The highest BCUT2D eigenvalue weighted by Crippen LogP contribution is 2.46. The van der Waals surface area contributed by atoms with Gasteiger partial charge in [-0.2, -0.15) is 0 Å². The van der Waals surface area contributed by atoms with Crippen molar-refractivity contribution in [2.45, 2.75) is 45.6 Å². The Morgan fingerprint density at radius 1 is 1.00 bits per heavy atom. The molecule has 3 aliphatic rings. The molecule has 6 heteroatoms. The third kappa shape index (κ3) is 3.58. The summed E-state index contributed by atoms with van der Waals surface area (Å²) in [6, 6.07) is 12.2. The quantitative estimate of drug-likeness (QED) is 0.386. The molecule has 3 saturated carbocycles. The number of rotatable bonds is 4. The van der Waals surface area contributed by atoms with E-state index in [1.54, 1.807) is 0 Å². The fraction of sp³-hybridized carbons (Fsp3) is 0.370. The summed E-state index contributed by atoms with van der Waals surface area (Å²) in [6.45, 7) is 4.48. The molecule has 3 fully saturated rings. The van der Waals surface area contributed by atoms with Crippen molar-refractivity contribution in [2.24, 2.45) is 17.8 Å². The van der Waals surface area contributed by atoms with E-state index >= 15 is 0 Å². The summed E-state index contributed by atoms with van der Waals surface area (Å²) < 4.78 is 14.0. The van der Waals surface area contributed by atoms with Crippen molar-refractivity contribution in [1.82, 2.24) is 19.9 Å². The van der Waals surface area contributed by atoms with Crippen molar-refractivity contribution in [2.75, 3.05) is 5.32 Å². The minimum atomic E-state index is -0.371. The smallest absolute Gasteiger partial charge is 0.164 e. The normalized spacial score (nSPS) is 24.3. The number of nitrogens with zero attached hydrogens (tertiary/aromatic N) is 3. The summed E-state index contributed by atoms with van der Waals surface area (Å²) >= 11 is 0. The van der Waals surface area contributed by atoms with E-state index in [1.807, 2.05) is 18.3 Å². The summed E-state index contributed by atoms with van der Waals surface area (Å²) in [5.41, 5.74) is 4.49. The number of fused-ring (bicyclic) bond motifs is 4. The van der Waals surface area contributed by atoms with Crippen LogP contribution in [-0.4, -0.2) is 26.0 Å². The first-order valence-corrected chi connectivity index (χ1v) is 11.9. The lowest BCUT2D eigenvalue weighted by Crippen LogP contribution is -2.47. The topological polar surface area (TPSA) is 66.5 Å². The molecule has 0 spiro atoms. The molecule has 3 aliphatic carbocycles. The van der Waals surface area contributed by atoms with Crippen molar-refractivity contribution >= 4 is 16.9 Å². The Balaban J connectivity index is 1.47. The third-order valence-corrected chi connectivity index (χ3v) is 7.83. The number of halogens is 1.